The highest BCUT2D eigenvalue weighted by atomic mass is 32.1. The number of aromatic nitrogens is 3. The lowest BCUT2D eigenvalue weighted by Crippen LogP contribution is -2.60. The summed E-state index contributed by atoms with van der Waals surface area (Å²) >= 11 is 1.16. The van der Waals surface area contributed by atoms with Crippen molar-refractivity contribution in [2.24, 2.45) is 4.99 Å². The minimum Gasteiger partial charge on any atom is -0.857 e. The van der Waals surface area contributed by atoms with Gasteiger partial charge in [-0.1, -0.05) is 29.8 Å². The first-order chi connectivity index (χ1) is 16.8. The largest absolute Gasteiger partial charge is 0.857 e. The molecule has 1 aromatic carbocycles. The smallest absolute Gasteiger partial charge is 0.324 e. The lowest BCUT2D eigenvalue weighted by molar-refractivity contribution is -0.759. The number of rotatable bonds is 5. The summed E-state index contributed by atoms with van der Waals surface area (Å²) in [6, 6.07) is 7.85. The van der Waals surface area contributed by atoms with Crippen molar-refractivity contribution in [3.8, 4) is 11.1 Å². The molecule has 0 bridgehead atoms. The summed E-state index contributed by atoms with van der Waals surface area (Å²) in [6.07, 6.45) is 4.96. The molecule has 10 heteroatoms. The zero-order chi connectivity index (χ0) is 24.7. The maximum Gasteiger partial charge on any atom is 0.324 e. The van der Waals surface area contributed by atoms with Crippen LogP contribution in [0, 0.1) is 13.8 Å². The van der Waals surface area contributed by atoms with Crippen LogP contribution in [0.1, 0.15) is 52.7 Å². The van der Waals surface area contributed by atoms with Gasteiger partial charge in [0.1, 0.15) is 4.83 Å². The summed E-state index contributed by atoms with van der Waals surface area (Å²) in [7, 11) is 0. The van der Waals surface area contributed by atoms with Gasteiger partial charge in [0.05, 0.1) is 34.1 Å². The van der Waals surface area contributed by atoms with Gasteiger partial charge in [0.2, 0.25) is 5.27 Å². The molecule has 1 saturated heterocycles. The summed E-state index contributed by atoms with van der Waals surface area (Å²) < 4.78 is 5.29. The molecule has 0 saturated carbocycles. The lowest BCUT2D eigenvalue weighted by atomic mass is 9.92. The lowest BCUT2D eigenvalue weighted by Gasteiger charge is -2.17. The highest BCUT2D eigenvalue weighted by Gasteiger charge is 2.25. The van der Waals surface area contributed by atoms with Crippen LogP contribution in [0.2, 0.25) is 0 Å². The predicted octanol–water partition coefficient (Wildman–Crippen LogP) is 3.20. The van der Waals surface area contributed by atoms with Gasteiger partial charge < -0.3 is 10.8 Å². The normalized spacial score (nSPS) is 14.6. The average molecular weight is 491 g/mol. The van der Waals surface area contributed by atoms with Gasteiger partial charge in [-0.05, 0) is 45.6 Å². The summed E-state index contributed by atoms with van der Waals surface area (Å²) in [5, 5.41) is 19.8. The third-order valence-corrected chi connectivity index (χ3v) is 7.28. The first-order valence-corrected chi connectivity index (χ1v) is 12.4. The zero-order valence-corrected chi connectivity index (χ0v) is 20.7. The molecule has 4 heterocycles. The maximum absolute atomic E-state index is 13.2. The summed E-state index contributed by atoms with van der Waals surface area (Å²) in [6.45, 7) is 7.05. The SMILES string of the molecule is CC(=O)c1c(C)nc2sc(/C([O-])=N/c3c[n+](N4CCCCC4)no3)c(N)c2c1-c1cccc(C)c1. The second kappa shape index (κ2) is 9.10. The molecule has 9 nitrogen and oxygen atoms in total. The van der Waals surface area contributed by atoms with Crippen LogP contribution in [0.4, 0.5) is 11.6 Å². The van der Waals surface area contributed by atoms with Crippen LogP contribution in [0.15, 0.2) is 40.0 Å². The number of piperidine rings is 1. The molecule has 0 spiro atoms. The monoisotopic (exact) mass is 490 g/mol. The van der Waals surface area contributed by atoms with Crippen molar-refractivity contribution in [3.63, 3.8) is 0 Å². The van der Waals surface area contributed by atoms with E-state index < -0.39 is 5.90 Å². The van der Waals surface area contributed by atoms with Crippen LogP contribution in [-0.2, 0) is 0 Å². The quantitative estimate of drug-likeness (QED) is 0.197. The van der Waals surface area contributed by atoms with Gasteiger partial charge >= 0.3 is 5.88 Å². The molecule has 1 aliphatic heterocycles. The van der Waals surface area contributed by atoms with E-state index in [4.69, 9.17) is 10.3 Å². The minimum atomic E-state index is -0.537. The van der Waals surface area contributed by atoms with Gasteiger partial charge in [0.25, 0.3) is 6.20 Å². The molecule has 3 aromatic heterocycles. The highest BCUT2D eigenvalue weighted by Crippen LogP contribution is 2.42. The first kappa shape index (κ1) is 23.0. The van der Waals surface area contributed by atoms with E-state index in [-0.39, 0.29) is 22.2 Å². The molecule has 0 amide bonds. The molecule has 180 valence electrons. The van der Waals surface area contributed by atoms with E-state index in [2.05, 4.69) is 20.3 Å². The summed E-state index contributed by atoms with van der Waals surface area (Å²) in [5.74, 6) is -0.546. The van der Waals surface area contributed by atoms with Crippen LogP contribution >= 0.6 is 11.3 Å². The number of carbonyl (C=O) groups excluding carboxylic acids is 1. The molecule has 4 aromatic rings. The zero-order valence-electron chi connectivity index (χ0n) is 19.9. The van der Waals surface area contributed by atoms with Crippen LogP contribution in [0.5, 0.6) is 0 Å². The maximum atomic E-state index is 13.2. The Labute approximate surface area is 206 Å². The fraction of sp³-hybridized carbons (Fsp3) is 0.320. The van der Waals surface area contributed by atoms with E-state index in [1.54, 1.807) is 17.9 Å². The third kappa shape index (κ3) is 4.25. The number of Topliss-reactive ketones (excluding diaryl/α,β-unsaturated/α-hetero) is 1. The Kier molecular flexibility index (Phi) is 5.98. The molecule has 1 aliphatic rings. The van der Waals surface area contributed by atoms with E-state index in [0.717, 1.165) is 48.4 Å². The number of anilines is 1. The number of nitrogens with two attached hydrogens (primary N) is 1. The van der Waals surface area contributed by atoms with E-state index in [9.17, 15) is 9.90 Å². The Morgan fingerprint density at radius 1 is 1.26 bits per heavy atom. The van der Waals surface area contributed by atoms with Crippen LogP contribution in [0.25, 0.3) is 21.3 Å². The van der Waals surface area contributed by atoms with Gasteiger partial charge in [-0.2, -0.15) is 5.01 Å². The first-order valence-electron chi connectivity index (χ1n) is 11.5. The number of thiophene rings is 1. The average Bonchev–Trinajstić information content (AvgIpc) is 3.43. The van der Waals surface area contributed by atoms with Gasteiger partial charge in [0, 0.05) is 22.4 Å². The molecule has 5 rings (SSSR count). The molecule has 0 unspecified atom stereocenters. The number of hydrogen-bond donors (Lipinski definition) is 1. The van der Waals surface area contributed by atoms with Gasteiger partial charge in [-0.15, -0.1) is 11.3 Å². The number of pyridine rings is 1. The van der Waals surface area contributed by atoms with Crippen molar-refractivity contribution in [1.29, 1.82) is 0 Å². The van der Waals surface area contributed by atoms with E-state index in [1.807, 2.05) is 31.2 Å². The van der Waals surface area contributed by atoms with Crippen LogP contribution in [-0.4, -0.2) is 35.0 Å². The second-order valence-electron chi connectivity index (χ2n) is 8.79. The van der Waals surface area contributed by atoms with Crippen molar-refractivity contribution in [3.05, 3.63) is 52.2 Å². The van der Waals surface area contributed by atoms with Crippen LogP contribution < -0.4 is 20.6 Å². The van der Waals surface area contributed by atoms with E-state index in [0.29, 0.717) is 27.0 Å². The Bertz CT molecular complexity index is 1470. The fourth-order valence-corrected chi connectivity index (χ4v) is 5.62. The number of aliphatic imine (C=N–C) groups is 1. The second-order valence-corrected chi connectivity index (χ2v) is 9.79. The van der Waals surface area contributed by atoms with Crippen molar-refractivity contribution < 1.29 is 19.2 Å². The fourth-order valence-electron chi connectivity index (χ4n) is 4.59. The summed E-state index contributed by atoms with van der Waals surface area (Å²) in [4.78, 5) is 23.8. The van der Waals surface area contributed by atoms with Gasteiger partial charge in [-0.25, -0.2) is 9.98 Å². The van der Waals surface area contributed by atoms with Gasteiger partial charge in [0.15, 0.2) is 5.78 Å². The van der Waals surface area contributed by atoms with Crippen molar-refractivity contribution >= 4 is 44.8 Å². The Hall–Kier alpha value is -3.79. The minimum absolute atomic E-state index is 0.102. The highest BCUT2D eigenvalue weighted by molar-refractivity contribution is 7.21. The number of nitrogen functional groups attached to an aromatic ring is 1. The predicted molar refractivity (Wildman–Crippen MR) is 134 cm³/mol. The standard InChI is InChI=1S/C25H26N6O3S/c1-14-8-7-9-17(12-14)20-19(16(3)32)15(2)27-25-21(20)22(26)23(35-25)24(33)28-18-13-31(29-34-18)30-10-5-4-6-11-30/h7-9,12-13H,4-6,10-11H2,1-3H3,(H2-,26,28,29,33). The number of fused-ring (bicyclic) bond motifs is 1. The molecule has 35 heavy (non-hydrogen) atoms. The molecule has 0 atom stereocenters. The Morgan fingerprint density at radius 2 is 2.03 bits per heavy atom. The Balaban J connectivity index is 1.62. The summed E-state index contributed by atoms with van der Waals surface area (Å²) in [5.41, 5.74) is 10.5. The van der Waals surface area contributed by atoms with Crippen LogP contribution in [0.3, 0.4) is 0 Å². The molecule has 1 fully saturated rings. The third-order valence-electron chi connectivity index (χ3n) is 6.19. The Morgan fingerprint density at radius 3 is 2.74 bits per heavy atom. The topological polar surface area (TPSA) is 125 Å². The number of nitrogens with zero attached hydrogens (tertiary/aromatic N) is 5. The van der Waals surface area contributed by atoms with Crippen molar-refractivity contribution in [2.45, 2.75) is 40.0 Å². The van der Waals surface area contributed by atoms with Crippen molar-refractivity contribution in [2.75, 3.05) is 23.8 Å². The van der Waals surface area contributed by atoms with E-state index >= 15 is 0 Å². The molecular formula is C25H26N6O3S. The number of ketones is 1. The van der Waals surface area contributed by atoms with Crippen molar-refractivity contribution in [1.82, 2.24) is 10.3 Å². The molecule has 0 aliphatic carbocycles. The number of hydrogen-bond acceptors (Lipinski definition) is 9. The number of aryl methyl sites for hydroxylation is 2. The molecule has 2 N–H and O–H groups in total. The molecule has 0 radical (unpaired) electrons. The number of carbonyl (C=O) groups is 1. The van der Waals surface area contributed by atoms with E-state index in [1.165, 1.54) is 13.3 Å². The molecular weight excluding hydrogens is 464 g/mol. The van der Waals surface area contributed by atoms with Gasteiger partial charge in [-0.3, -0.25) is 9.32 Å². The number of benzene rings is 1.